The first-order valence-corrected chi connectivity index (χ1v) is 10.9. The van der Waals surface area contributed by atoms with Gasteiger partial charge in [0.15, 0.2) is 11.2 Å². The lowest BCUT2D eigenvalue weighted by molar-refractivity contribution is 0.0522. The van der Waals surface area contributed by atoms with Gasteiger partial charge in [-0.1, -0.05) is 13.8 Å². The monoisotopic (exact) mass is 444 g/mol. The summed E-state index contributed by atoms with van der Waals surface area (Å²) in [6.07, 6.45) is 3.01. The highest BCUT2D eigenvalue weighted by molar-refractivity contribution is 5.89. The molecule has 0 amide bonds. The molecule has 0 aromatic carbocycles. The standard InChI is InChI=1S/C24H32N2O6/c1-7-31-23(28)17-14-26-18(12-19(17)27)21-16(13-24(26,4)15(2)3)11-20(22(25-21)30-6)32-10-8-9-29-5/h11-12,14-15H,7-10,13H2,1-6H3. The largest absolute Gasteiger partial charge is 0.488 e. The van der Waals surface area contributed by atoms with Crippen molar-refractivity contribution in [3.63, 3.8) is 0 Å². The molecule has 0 N–H and O–H groups in total. The minimum absolute atomic E-state index is 0.0241. The summed E-state index contributed by atoms with van der Waals surface area (Å²) in [5, 5.41) is 0. The number of rotatable bonds is 9. The van der Waals surface area contributed by atoms with E-state index in [0.29, 0.717) is 42.7 Å². The molecular formula is C24H32N2O6. The van der Waals surface area contributed by atoms with Crippen molar-refractivity contribution in [3.05, 3.63) is 39.7 Å². The maximum atomic E-state index is 12.8. The Morgan fingerprint density at radius 1 is 1.25 bits per heavy atom. The number of carbonyl (C=O) groups is 1. The van der Waals surface area contributed by atoms with E-state index in [2.05, 4.69) is 20.8 Å². The Labute approximate surface area is 188 Å². The topological polar surface area (TPSA) is 88.9 Å². The molecule has 0 saturated carbocycles. The van der Waals surface area contributed by atoms with E-state index in [1.54, 1.807) is 20.2 Å². The van der Waals surface area contributed by atoms with Gasteiger partial charge in [0, 0.05) is 37.9 Å². The molecular weight excluding hydrogens is 412 g/mol. The molecule has 3 rings (SSSR count). The smallest absolute Gasteiger partial charge is 0.343 e. The second kappa shape index (κ2) is 9.73. The van der Waals surface area contributed by atoms with Gasteiger partial charge in [0.25, 0.3) is 5.88 Å². The Morgan fingerprint density at radius 2 is 2.00 bits per heavy atom. The maximum absolute atomic E-state index is 12.8. The fraction of sp³-hybridized carbons (Fsp3) is 0.542. The fourth-order valence-electron chi connectivity index (χ4n) is 3.96. The summed E-state index contributed by atoms with van der Waals surface area (Å²) in [5.41, 5.74) is 1.50. The van der Waals surface area contributed by atoms with Crippen LogP contribution < -0.4 is 14.9 Å². The summed E-state index contributed by atoms with van der Waals surface area (Å²) in [5.74, 6) is 0.505. The lowest BCUT2D eigenvalue weighted by Crippen LogP contribution is -2.43. The van der Waals surface area contributed by atoms with Crippen molar-refractivity contribution in [2.24, 2.45) is 5.92 Å². The van der Waals surface area contributed by atoms with Gasteiger partial charge < -0.3 is 23.5 Å². The Morgan fingerprint density at radius 3 is 2.62 bits per heavy atom. The van der Waals surface area contributed by atoms with Crippen LogP contribution in [0.4, 0.5) is 0 Å². The maximum Gasteiger partial charge on any atom is 0.343 e. The quantitative estimate of drug-likeness (QED) is 0.432. The van der Waals surface area contributed by atoms with Gasteiger partial charge in [0.2, 0.25) is 0 Å². The van der Waals surface area contributed by atoms with E-state index in [4.69, 9.17) is 23.9 Å². The number of methoxy groups -OCH3 is 2. The van der Waals surface area contributed by atoms with E-state index in [9.17, 15) is 9.59 Å². The average Bonchev–Trinajstić information content (AvgIpc) is 2.76. The van der Waals surface area contributed by atoms with E-state index < -0.39 is 11.4 Å². The van der Waals surface area contributed by atoms with Crippen LogP contribution in [0.15, 0.2) is 23.1 Å². The minimum atomic E-state index is -0.616. The van der Waals surface area contributed by atoms with Crippen LogP contribution in [0, 0.1) is 5.92 Å². The first-order chi connectivity index (χ1) is 15.3. The lowest BCUT2D eigenvalue weighted by Gasteiger charge is -2.42. The van der Waals surface area contributed by atoms with Gasteiger partial charge in [0.1, 0.15) is 5.56 Å². The Hall–Kier alpha value is -2.87. The summed E-state index contributed by atoms with van der Waals surface area (Å²) >= 11 is 0. The van der Waals surface area contributed by atoms with E-state index in [1.165, 1.54) is 13.2 Å². The van der Waals surface area contributed by atoms with Crippen LogP contribution >= 0.6 is 0 Å². The zero-order chi connectivity index (χ0) is 23.5. The van der Waals surface area contributed by atoms with E-state index in [0.717, 1.165) is 12.0 Å². The SMILES string of the molecule is CCOC(=O)c1cn2c(cc1=O)-c1nc(OC)c(OCCCOC)cc1CC2(C)C(C)C. The zero-order valence-corrected chi connectivity index (χ0v) is 19.7. The van der Waals surface area contributed by atoms with Gasteiger partial charge in [-0.3, -0.25) is 4.79 Å². The Balaban J connectivity index is 2.15. The molecule has 0 saturated heterocycles. The summed E-state index contributed by atoms with van der Waals surface area (Å²) < 4.78 is 23.6. The molecule has 8 nitrogen and oxygen atoms in total. The molecule has 32 heavy (non-hydrogen) atoms. The van der Waals surface area contributed by atoms with Crippen LogP contribution in [0.25, 0.3) is 11.4 Å². The number of hydrogen-bond acceptors (Lipinski definition) is 7. The van der Waals surface area contributed by atoms with Crippen LogP contribution in [0.1, 0.15) is 50.0 Å². The predicted octanol–water partition coefficient (Wildman–Crippen LogP) is 3.44. The number of carbonyl (C=O) groups excluding carboxylic acids is 1. The molecule has 0 bridgehead atoms. The normalized spacial score (nSPS) is 17.0. The predicted molar refractivity (Wildman–Crippen MR) is 121 cm³/mol. The molecule has 3 heterocycles. The Kier molecular flexibility index (Phi) is 7.23. The van der Waals surface area contributed by atoms with Crippen LogP contribution in [0.3, 0.4) is 0 Å². The van der Waals surface area contributed by atoms with E-state index in [-0.39, 0.29) is 23.6 Å². The summed E-state index contributed by atoms with van der Waals surface area (Å²) in [6.45, 7) is 9.36. The summed E-state index contributed by atoms with van der Waals surface area (Å²) in [6, 6.07) is 3.41. The highest BCUT2D eigenvalue weighted by Gasteiger charge is 2.39. The van der Waals surface area contributed by atoms with Gasteiger partial charge in [-0.25, -0.2) is 9.78 Å². The van der Waals surface area contributed by atoms with Crippen molar-refractivity contribution in [3.8, 4) is 23.0 Å². The van der Waals surface area contributed by atoms with Crippen LogP contribution in [-0.4, -0.2) is 49.6 Å². The van der Waals surface area contributed by atoms with Crippen molar-refractivity contribution in [2.45, 2.75) is 46.1 Å². The molecule has 0 fully saturated rings. The average molecular weight is 445 g/mol. The minimum Gasteiger partial charge on any atom is -0.488 e. The van der Waals surface area contributed by atoms with Crippen molar-refractivity contribution in [1.29, 1.82) is 0 Å². The number of ether oxygens (including phenoxy) is 4. The molecule has 0 spiro atoms. The molecule has 1 unspecified atom stereocenters. The molecule has 1 atom stereocenters. The third-order valence-corrected chi connectivity index (χ3v) is 6.11. The zero-order valence-electron chi connectivity index (χ0n) is 19.7. The second-order valence-electron chi connectivity index (χ2n) is 8.41. The summed E-state index contributed by atoms with van der Waals surface area (Å²) in [4.78, 5) is 29.9. The third kappa shape index (κ3) is 4.37. The molecule has 2 aromatic heterocycles. The molecule has 2 aromatic rings. The highest BCUT2D eigenvalue weighted by Crippen LogP contribution is 2.43. The van der Waals surface area contributed by atoms with E-state index in [1.807, 2.05) is 10.6 Å². The van der Waals surface area contributed by atoms with Crippen LogP contribution in [-0.2, 0) is 21.4 Å². The van der Waals surface area contributed by atoms with Crippen LogP contribution in [0.5, 0.6) is 11.6 Å². The van der Waals surface area contributed by atoms with Gasteiger partial charge in [-0.05, 0) is 37.8 Å². The van der Waals surface area contributed by atoms with E-state index >= 15 is 0 Å². The number of pyridine rings is 2. The number of fused-ring (bicyclic) bond motifs is 3. The second-order valence-corrected chi connectivity index (χ2v) is 8.41. The molecule has 174 valence electrons. The molecule has 1 aliphatic rings. The fourth-order valence-corrected chi connectivity index (χ4v) is 3.96. The van der Waals surface area contributed by atoms with Crippen molar-refractivity contribution in [2.75, 3.05) is 34.0 Å². The van der Waals surface area contributed by atoms with Crippen molar-refractivity contribution >= 4 is 5.97 Å². The molecule has 8 heteroatoms. The Bertz CT molecular complexity index is 1050. The van der Waals surface area contributed by atoms with Gasteiger partial charge in [-0.2, -0.15) is 0 Å². The number of nitrogens with zero attached hydrogens (tertiary/aromatic N) is 2. The first-order valence-electron chi connectivity index (χ1n) is 10.9. The van der Waals surface area contributed by atoms with Crippen LogP contribution in [0.2, 0.25) is 0 Å². The van der Waals surface area contributed by atoms with Crippen molar-refractivity contribution in [1.82, 2.24) is 9.55 Å². The number of aromatic nitrogens is 2. The lowest BCUT2D eigenvalue weighted by atomic mass is 9.78. The van der Waals surface area contributed by atoms with Crippen molar-refractivity contribution < 1.29 is 23.7 Å². The molecule has 1 aliphatic heterocycles. The number of esters is 1. The molecule has 0 radical (unpaired) electrons. The van der Waals surface area contributed by atoms with Gasteiger partial charge in [0.05, 0.1) is 31.7 Å². The van der Waals surface area contributed by atoms with Gasteiger partial charge in [-0.15, -0.1) is 0 Å². The molecule has 0 aliphatic carbocycles. The highest BCUT2D eigenvalue weighted by atomic mass is 16.5. The number of hydrogen-bond donors (Lipinski definition) is 0. The summed E-state index contributed by atoms with van der Waals surface area (Å²) in [7, 11) is 3.19. The third-order valence-electron chi connectivity index (χ3n) is 6.11. The first kappa shape index (κ1) is 23.8. The van der Waals surface area contributed by atoms with Gasteiger partial charge >= 0.3 is 5.97 Å².